The summed E-state index contributed by atoms with van der Waals surface area (Å²) in [6, 6.07) is 8.02. The molecule has 1 aromatic rings. The molecule has 1 aromatic carbocycles. The van der Waals surface area contributed by atoms with E-state index >= 15 is 0 Å². The van der Waals surface area contributed by atoms with Gasteiger partial charge >= 0.3 is 0 Å². The fraction of sp³-hybridized carbons (Fsp3) is 0.556. The topological polar surface area (TPSA) is 62.6 Å². The second kappa shape index (κ2) is 9.30. The lowest BCUT2D eigenvalue weighted by Crippen LogP contribution is -3.11. The molecule has 0 aliphatic carbocycles. The number of rotatable bonds is 8. The molecule has 0 radical (unpaired) electrons. The minimum absolute atomic E-state index is 0.0368. The van der Waals surface area contributed by atoms with Gasteiger partial charge in [0.05, 0.1) is 7.05 Å². The molecule has 5 heteroatoms. The van der Waals surface area contributed by atoms with Crippen molar-refractivity contribution in [3.05, 3.63) is 29.8 Å². The van der Waals surface area contributed by atoms with Gasteiger partial charge in [0.25, 0.3) is 11.8 Å². The molecule has 0 aliphatic heterocycles. The number of carbonyl (C=O) groups is 2. The molecule has 2 amide bonds. The van der Waals surface area contributed by atoms with Crippen LogP contribution in [0.3, 0.4) is 0 Å². The standard InChI is InChI=1S/C18H29N3O2/c1-6-14(4)15-9-7-8-10-16(15)20-18(23)12-21(5)11-17(22)19-13(2)3/h7-10,13-14H,6,11-12H2,1-5H3,(H,19,22)(H,20,23)/p+1/t14-/m1/s1. The number of carbonyl (C=O) groups excluding carboxylic acids is 2. The summed E-state index contributed by atoms with van der Waals surface area (Å²) >= 11 is 0. The highest BCUT2D eigenvalue weighted by atomic mass is 16.2. The van der Waals surface area contributed by atoms with Crippen LogP contribution in [-0.2, 0) is 9.59 Å². The van der Waals surface area contributed by atoms with Crippen LogP contribution in [0.2, 0.25) is 0 Å². The predicted molar refractivity (Wildman–Crippen MR) is 93.7 cm³/mol. The molecular weight excluding hydrogens is 290 g/mol. The number of hydrogen-bond donors (Lipinski definition) is 3. The Morgan fingerprint density at radius 3 is 2.30 bits per heavy atom. The zero-order valence-corrected chi connectivity index (χ0v) is 14.9. The van der Waals surface area contributed by atoms with Gasteiger partial charge in [-0.3, -0.25) is 9.59 Å². The molecule has 0 spiro atoms. The van der Waals surface area contributed by atoms with Gasteiger partial charge in [-0.05, 0) is 37.8 Å². The zero-order valence-electron chi connectivity index (χ0n) is 14.9. The van der Waals surface area contributed by atoms with Gasteiger partial charge in [-0.1, -0.05) is 32.0 Å². The van der Waals surface area contributed by atoms with Crippen molar-refractivity contribution in [2.75, 3.05) is 25.5 Å². The van der Waals surface area contributed by atoms with Crippen LogP contribution >= 0.6 is 0 Å². The highest BCUT2D eigenvalue weighted by Gasteiger charge is 2.16. The maximum atomic E-state index is 12.2. The van der Waals surface area contributed by atoms with E-state index in [2.05, 4.69) is 30.5 Å². The summed E-state index contributed by atoms with van der Waals surface area (Å²) in [6.07, 6.45) is 1.02. The van der Waals surface area contributed by atoms with Crippen molar-refractivity contribution in [2.45, 2.75) is 46.1 Å². The molecule has 0 fully saturated rings. The first kappa shape index (κ1) is 19.2. The van der Waals surface area contributed by atoms with Gasteiger partial charge in [0.2, 0.25) is 0 Å². The fourth-order valence-corrected chi connectivity index (χ4v) is 2.44. The zero-order chi connectivity index (χ0) is 17.4. The fourth-order valence-electron chi connectivity index (χ4n) is 2.44. The molecule has 1 unspecified atom stereocenters. The second-order valence-electron chi connectivity index (χ2n) is 6.48. The smallest absolute Gasteiger partial charge is 0.279 e. The molecule has 0 aromatic heterocycles. The van der Waals surface area contributed by atoms with Crippen LogP contribution in [0, 0.1) is 0 Å². The molecule has 23 heavy (non-hydrogen) atoms. The first-order chi connectivity index (χ1) is 10.8. The molecule has 1 rings (SSSR count). The van der Waals surface area contributed by atoms with Crippen molar-refractivity contribution in [1.82, 2.24) is 5.32 Å². The van der Waals surface area contributed by atoms with E-state index in [0.29, 0.717) is 12.5 Å². The van der Waals surface area contributed by atoms with E-state index in [1.165, 1.54) is 0 Å². The Morgan fingerprint density at radius 1 is 1.09 bits per heavy atom. The number of anilines is 1. The van der Waals surface area contributed by atoms with Crippen molar-refractivity contribution in [2.24, 2.45) is 0 Å². The number of likely N-dealkylation sites (N-methyl/N-ethyl adjacent to an activating group) is 1. The molecular formula is C18H30N3O2+. The average molecular weight is 320 g/mol. The quantitative estimate of drug-likeness (QED) is 0.673. The van der Waals surface area contributed by atoms with Crippen LogP contribution in [0.1, 0.15) is 45.6 Å². The third-order valence-corrected chi connectivity index (χ3v) is 3.75. The third-order valence-electron chi connectivity index (χ3n) is 3.75. The number of nitrogens with one attached hydrogen (secondary N) is 3. The summed E-state index contributed by atoms with van der Waals surface area (Å²) in [5.41, 5.74) is 2.02. The summed E-state index contributed by atoms with van der Waals surface area (Å²) < 4.78 is 0. The second-order valence-corrected chi connectivity index (χ2v) is 6.48. The molecule has 0 saturated carbocycles. The van der Waals surface area contributed by atoms with Gasteiger partial charge in [-0.15, -0.1) is 0 Å². The van der Waals surface area contributed by atoms with E-state index in [1.807, 2.05) is 39.1 Å². The van der Waals surface area contributed by atoms with Crippen LogP contribution in [0.4, 0.5) is 5.69 Å². The number of hydrogen-bond acceptors (Lipinski definition) is 2. The minimum atomic E-state index is -0.0735. The Hall–Kier alpha value is -1.88. The van der Waals surface area contributed by atoms with Gasteiger partial charge in [0.1, 0.15) is 0 Å². The van der Waals surface area contributed by atoms with Crippen LogP contribution in [0.15, 0.2) is 24.3 Å². The molecule has 0 aliphatic rings. The van der Waals surface area contributed by atoms with Crippen molar-refractivity contribution < 1.29 is 14.5 Å². The van der Waals surface area contributed by atoms with Gasteiger partial charge in [0, 0.05) is 11.7 Å². The summed E-state index contributed by atoms with van der Waals surface area (Å²) in [6.45, 7) is 8.68. The van der Waals surface area contributed by atoms with E-state index in [0.717, 1.165) is 22.6 Å². The normalized spacial score (nSPS) is 13.5. The summed E-state index contributed by atoms with van der Waals surface area (Å²) in [5.74, 6) is 0.286. The monoisotopic (exact) mass is 320 g/mol. The number of quaternary nitrogens is 1. The van der Waals surface area contributed by atoms with E-state index in [1.54, 1.807) is 0 Å². The summed E-state index contributed by atoms with van der Waals surface area (Å²) in [4.78, 5) is 24.8. The molecule has 0 bridgehead atoms. The van der Waals surface area contributed by atoms with Crippen LogP contribution in [-0.4, -0.2) is 38.0 Å². The molecule has 3 N–H and O–H groups in total. The van der Waals surface area contributed by atoms with Gasteiger partial charge < -0.3 is 15.5 Å². The number of amides is 2. The maximum Gasteiger partial charge on any atom is 0.279 e. The molecule has 5 nitrogen and oxygen atoms in total. The van der Waals surface area contributed by atoms with Gasteiger partial charge in [0.15, 0.2) is 13.1 Å². The van der Waals surface area contributed by atoms with Crippen molar-refractivity contribution in [3.8, 4) is 0 Å². The SMILES string of the molecule is CC[C@@H](C)c1ccccc1NC(=O)C[NH+](C)CC(=O)NC(C)C. The largest absolute Gasteiger partial charge is 0.349 e. The lowest BCUT2D eigenvalue weighted by atomic mass is 9.97. The Labute approximate surface area is 139 Å². The Morgan fingerprint density at radius 2 is 1.70 bits per heavy atom. The van der Waals surface area contributed by atoms with Gasteiger partial charge in [-0.25, -0.2) is 0 Å². The van der Waals surface area contributed by atoms with E-state index in [-0.39, 0.29) is 24.4 Å². The van der Waals surface area contributed by atoms with Crippen LogP contribution in [0.5, 0.6) is 0 Å². The number of para-hydroxylation sites is 1. The molecule has 0 heterocycles. The van der Waals surface area contributed by atoms with Crippen LogP contribution in [0.25, 0.3) is 0 Å². The van der Waals surface area contributed by atoms with Gasteiger partial charge in [-0.2, -0.15) is 0 Å². The van der Waals surface area contributed by atoms with Crippen molar-refractivity contribution >= 4 is 17.5 Å². The first-order valence-electron chi connectivity index (χ1n) is 8.32. The molecule has 2 atom stereocenters. The third kappa shape index (κ3) is 6.82. The Bertz CT molecular complexity index is 529. The summed E-state index contributed by atoms with van der Waals surface area (Å²) in [7, 11) is 1.85. The number of benzene rings is 1. The Balaban J connectivity index is 2.58. The predicted octanol–water partition coefficient (Wildman–Crippen LogP) is 1.18. The maximum absolute atomic E-state index is 12.2. The minimum Gasteiger partial charge on any atom is -0.349 e. The molecule has 0 saturated heterocycles. The lowest BCUT2D eigenvalue weighted by Gasteiger charge is -2.17. The van der Waals surface area contributed by atoms with Crippen molar-refractivity contribution in [3.63, 3.8) is 0 Å². The van der Waals surface area contributed by atoms with Crippen molar-refractivity contribution in [1.29, 1.82) is 0 Å². The highest BCUT2D eigenvalue weighted by molar-refractivity contribution is 5.92. The van der Waals surface area contributed by atoms with E-state index in [9.17, 15) is 9.59 Å². The lowest BCUT2D eigenvalue weighted by molar-refractivity contribution is -0.862. The highest BCUT2D eigenvalue weighted by Crippen LogP contribution is 2.26. The summed E-state index contributed by atoms with van der Waals surface area (Å²) in [5, 5.41) is 5.82. The average Bonchev–Trinajstić information content (AvgIpc) is 2.45. The van der Waals surface area contributed by atoms with Crippen LogP contribution < -0.4 is 15.5 Å². The Kier molecular flexibility index (Phi) is 7.75. The molecule has 128 valence electrons. The first-order valence-corrected chi connectivity index (χ1v) is 8.32. The van der Waals surface area contributed by atoms with E-state index < -0.39 is 0 Å². The van der Waals surface area contributed by atoms with E-state index in [4.69, 9.17) is 0 Å².